The van der Waals surface area contributed by atoms with Crippen molar-refractivity contribution in [2.45, 2.75) is 45.2 Å². The predicted molar refractivity (Wildman–Crippen MR) is 82.5 cm³/mol. The van der Waals surface area contributed by atoms with Crippen molar-refractivity contribution in [1.29, 1.82) is 0 Å². The number of benzene rings is 1. The smallest absolute Gasteiger partial charge is 0.159 e. The number of piperazine rings is 1. The fourth-order valence-electron chi connectivity index (χ4n) is 3.60. The Hall–Kier alpha value is -1.35. The molecule has 0 amide bonds. The van der Waals surface area contributed by atoms with Gasteiger partial charge < -0.3 is 4.90 Å². The Morgan fingerprint density at radius 2 is 1.90 bits per heavy atom. The first kappa shape index (κ1) is 13.6. The van der Waals surface area contributed by atoms with Crippen molar-refractivity contribution in [3.05, 3.63) is 29.8 Å². The second-order valence-corrected chi connectivity index (χ2v) is 6.25. The maximum absolute atomic E-state index is 11.4. The van der Waals surface area contributed by atoms with Crippen molar-refractivity contribution in [2.75, 3.05) is 24.5 Å². The molecular weight excluding hydrogens is 248 g/mol. The number of piperidine rings is 1. The number of hydrogen-bond acceptors (Lipinski definition) is 3. The monoisotopic (exact) mass is 272 g/mol. The van der Waals surface area contributed by atoms with Gasteiger partial charge in [0.2, 0.25) is 0 Å². The van der Waals surface area contributed by atoms with Gasteiger partial charge >= 0.3 is 0 Å². The molecule has 2 aliphatic rings. The largest absolute Gasteiger partial charge is 0.366 e. The summed E-state index contributed by atoms with van der Waals surface area (Å²) in [6, 6.07) is 9.38. The van der Waals surface area contributed by atoms with Gasteiger partial charge in [-0.25, -0.2) is 0 Å². The number of anilines is 1. The van der Waals surface area contributed by atoms with E-state index in [0.717, 1.165) is 12.1 Å². The minimum atomic E-state index is 0.140. The first-order valence-corrected chi connectivity index (χ1v) is 7.77. The molecule has 2 atom stereocenters. The molecule has 1 aromatic rings. The summed E-state index contributed by atoms with van der Waals surface area (Å²) in [5.74, 6) is 0.140. The highest BCUT2D eigenvalue weighted by atomic mass is 16.1. The average molecular weight is 272 g/mol. The lowest BCUT2D eigenvalue weighted by Crippen LogP contribution is -2.58. The van der Waals surface area contributed by atoms with Crippen LogP contribution in [0.5, 0.6) is 0 Å². The Kier molecular flexibility index (Phi) is 3.79. The molecule has 20 heavy (non-hydrogen) atoms. The second-order valence-electron chi connectivity index (χ2n) is 6.25. The van der Waals surface area contributed by atoms with Gasteiger partial charge in [0.05, 0.1) is 0 Å². The van der Waals surface area contributed by atoms with E-state index in [0.29, 0.717) is 12.1 Å². The van der Waals surface area contributed by atoms with Crippen LogP contribution in [-0.4, -0.2) is 42.4 Å². The summed E-state index contributed by atoms with van der Waals surface area (Å²) in [5.41, 5.74) is 2.06. The van der Waals surface area contributed by atoms with Crippen LogP contribution in [0.1, 0.15) is 43.5 Å². The lowest BCUT2D eigenvalue weighted by atomic mass is 9.96. The molecule has 2 unspecified atom stereocenters. The van der Waals surface area contributed by atoms with Crippen molar-refractivity contribution in [3.8, 4) is 0 Å². The molecule has 0 aliphatic carbocycles. The maximum Gasteiger partial charge on any atom is 0.159 e. The van der Waals surface area contributed by atoms with E-state index in [1.54, 1.807) is 6.92 Å². The van der Waals surface area contributed by atoms with E-state index in [1.807, 2.05) is 12.1 Å². The number of fused-ring (bicyclic) bond motifs is 1. The number of carbonyl (C=O) groups excluding carboxylic acids is 1. The molecule has 3 nitrogen and oxygen atoms in total. The van der Waals surface area contributed by atoms with Gasteiger partial charge in [-0.1, -0.05) is 6.42 Å². The highest BCUT2D eigenvalue weighted by Gasteiger charge is 2.32. The molecular formula is C17H24N2O. The number of rotatable bonds is 2. The van der Waals surface area contributed by atoms with Gasteiger partial charge in [-0.15, -0.1) is 0 Å². The van der Waals surface area contributed by atoms with Crippen LogP contribution in [0.2, 0.25) is 0 Å². The standard InChI is InChI=1S/C17H24N2O/c1-13-11-18-10-4-3-5-17(18)12-19(13)16-8-6-15(7-9-16)14(2)20/h6-9,13,17H,3-5,10-12H2,1-2H3. The van der Waals surface area contributed by atoms with Gasteiger partial charge in [-0.2, -0.15) is 0 Å². The molecule has 3 heteroatoms. The SMILES string of the molecule is CC(=O)c1ccc(N2CC3CCCCN3CC2C)cc1. The zero-order valence-electron chi connectivity index (χ0n) is 12.5. The summed E-state index contributed by atoms with van der Waals surface area (Å²) in [5, 5.41) is 0. The Morgan fingerprint density at radius 1 is 1.15 bits per heavy atom. The molecule has 2 aliphatic heterocycles. The third-order valence-corrected chi connectivity index (χ3v) is 4.79. The Morgan fingerprint density at radius 3 is 2.60 bits per heavy atom. The Labute approximate surface area is 121 Å². The van der Waals surface area contributed by atoms with Gasteiger partial charge in [0.1, 0.15) is 0 Å². The minimum Gasteiger partial charge on any atom is -0.366 e. The number of Topliss-reactive ketones (excluding diaryl/α,β-unsaturated/α-hetero) is 1. The lowest BCUT2D eigenvalue weighted by Gasteiger charge is -2.48. The van der Waals surface area contributed by atoms with Crippen molar-refractivity contribution in [3.63, 3.8) is 0 Å². The number of carbonyl (C=O) groups is 1. The average Bonchev–Trinajstić information content (AvgIpc) is 2.46. The molecule has 108 valence electrons. The van der Waals surface area contributed by atoms with Gasteiger partial charge in [-0.05, 0) is 57.5 Å². The highest BCUT2D eigenvalue weighted by Crippen LogP contribution is 2.28. The van der Waals surface area contributed by atoms with Crippen LogP contribution in [0.25, 0.3) is 0 Å². The van der Waals surface area contributed by atoms with E-state index in [9.17, 15) is 4.79 Å². The predicted octanol–water partition coefficient (Wildman–Crippen LogP) is 2.95. The summed E-state index contributed by atoms with van der Waals surface area (Å²) in [7, 11) is 0. The second kappa shape index (κ2) is 5.57. The molecule has 2 fully saturated rings. The van der Waals surface area contributed by atoms with E-state index in [4.69, 9.17) is 0 Å². The van der Waals surface area contributed by atoms with Crippen LogP contribution in [0.4, 0.5) is 5.69 Å². The van der Waals surface area contributed by atoms with E-state index < -0.39 is 0 Å². The van der Waals surface area contributed by atoms with Crippen LogP contribution in [0.3, 0.4) is 0 Å². The quantitative estimate of drug-likeness (QED) is 0.773. The summed E-state index contributed by atoms with van der Waals surface area (Å²) in [4.78, 5) is 16.5. The van der Waals surface area contributed by atoms with Crippen molar-refractivity contribution < 1.29 is 4.79 Å². The molecule has 3 rings (SSSR count). The van der Waals surface area contributed by atoms with Gasteiger partial charge in [-0.3, -0.25) is 9.69 Å². The third kappa shape index (κ3) is 2.59. The molecule has 0 spiro atoms. The minimum absolute atomic E-state index is 0.140. The van der Waals surface area contributed by atoms with E-state index >= 15 is 0 Å². The van der Waals surface area contributed by atoms with E-state index in [-0.39, 0.29) is 5.78 Å². The maximum atomic E-state index is 11.4. The van der Waals surface area contributed by atoms with Crippen LogP contribution in [-0.2, 0) is 0 Å². The Balaban J connectivity index is 1.77. The van der Waals surface area contributed by atoms with Crippen LogP contribution in [0, 0.1) is 0 Å². The Bertz CT molecular complexity index is 482. The molecule has 2 saturated heterocycles. The van der Waals surface area contributed by atoms with Gasteiger partial charge in [0.15, 0.2) is 5.78 Å². The summed E-state index contributed by atoms with van der Waals surface area (Å²) in [6.45, 7) is 7.49. The number of nitrogens with zero attached hydrogens (tertiary/aromatic N) is 2. The molecule has 0 bridgehead atoms. The molecule has 0 radical (unpaired) electrons. The number of hydrogen-bond donors (Lipinski definition) is 0. The number of ketones is 1. The fraction of sp³-hybridized carbons (Fsp3) is 0.588. The van der Waals surface area contributed by atoms with Crippen molar-refractivity contribution >= 4 is 11.5 Å². The molecule has 0 aromatic heterocycles. The molecule has 1 aromatic carbocycles. The lowest BCUT2D eigenvalue weighted by molar-refractivity contribution is 0.101. The first-order valence-electron chi connectivity index (χ1n) is 7.77. The van der Waals surface area contributed by atoms with Crippen LogP contribution < -0.4 is 4.90 Å². The van der Waals surface area contributed by atoms with Crippen LogP contribution >= 0.6 is 0 Å². The topological polar surface area (TPSA) is 23.6 Å². The third-order valence-electron chi connectivity index (χ3n) is 4.79. The molecule has 2 heterocycles. The zero-order valence-corrected chi connectivity index (χ0v) is 12.5. The molecule has 0 saturated carbocycles. The normalized spacial score (nSPS) is 27.2. The van der Waals surface area contributed by atoms with Crippen molar-refractivity contribution in [2.24, 2.45) is 0 Å². The van der Waals surface area contributed by atoms with Crippen molar-refractivity contribution in [1.82, 2.24) is 4.90 Å². The van der Waals surface area contributed by atoms with E-state index in [2.05, 4.69) is 28.9 Å². The molecule has 0 N–H and O–H groups in total. The van der Waals surface area contributed by atoms with Gasteiger partial charge in [0, 0.05) is 36.4 Å². The first-order chi connectivity index (χ1) is 9.65. The fourth-order valence-corrected chi connectivity index (χ4v) is 3.60. The summed E-state index contributed by atoms with van der Waals surface area (Å²) in [6.07, 6.45) is 4.05. The van der Waals surface area contributed by atoms with Gasteiger partial charge in [0.25, 0.3) is 0 Å². The van der Waals surface area contributed by atoms with Crippen LogP contribution in [0.15, 0.2) is 24.3 Å². The summed E-state index contributed by atoms with van der Waals surface area (Å²) >= 11 is 0. The van der Waals surface area contributed by atoms with E-state index in [1.165, 1.54) is 38.0 Å². The zero-order chi connectivity index (χ0) is 14.1. The highest BCUT2D eigenvalue weighted by molar-refractivity contribution is 5.94. The summed E-state index contributed by atoms with van der Waals surface area (Å²) < 4.78 is 0.